The van der Waals surface area contributed by atoms with E-state index in [2.05, 4.69) is 4.99 Å². The van der Waals surface area contributed by atoms with Crippen LogP contribution in [0.25, 0.3) is 0 Å². The summed E-state index contributed by atoms with van der Waals surface area (Å²) in [4.78, 5) is 24.2. The standard InChI is InChI=1S/C12H8N3O4/c16-14(17)10-6-7-11(12(8-10)15(18)19)13-9-4-2-1-3-5-9/h1-8H. The molecule has 7 heteroatoms. The highest BCUT2D eigenvalue weighted by Crippen LogP contribution is 2.31. The van der Waals surface area contributed by atoms with Crippen LogP contribution in [0.3, 0.4) is 0 Å². The molecule has 0 bridgehead atoms. The number of benzene rings is 1. The molecule has 0 heterocycles. The van der Waals surface area contributed by atoms with Gasteiger partial charge in [-0.25, -0.2) is 4.99 Å². The van der Waals surface area contributed by atoms with E-state index in [1.807, 2.05) is 0 Å². The van der Waals surface area contributed by atoms with E-state index in [9.17, 15) is 20.2 Å². The molecule has 7 nitrogen and oxygen atoms in total. The highest BCUT2D eigenvalue weighted by Gasteiger charge is 2.19. The molecule has 1 aromatic rings. The second-order valence-electron chi connectivity index (χ2n) is 3.63. The molecule has 0 saturated carbocycles. The van der Waals surface area contributed by atoms with Crippen LogP contribution in [0.15, 0.2) is 47.5 Å². The molecule has 0 aliphatic heterocycles. The van der Waals surface area contributed by atoms with Gasteiger partial charge in [0.2, 0.25) is 0 Å². The zero-order valence-electron chi connectivity index (χ0n) is 9.59. The largest absolute Gasteiger partial charge is 0.301 e. The predicted molar refractivity (Wildman–Crippen MR) is 69.4 cm³/mol. The summed E-state index contributed by atoms with van der Waals surface area (Å²) < 4.78 is 0. The topological polar surface area (TPSA) is 98.6 Å². The lowest BCUT2D eigenvalue weighted by atomic mass is 10.1. The molecule has 0 saturated heterocycles. The fourth-order valence-corrected chi connectivity index (χ4v) is 1.51. The van der Waals surface area contributed by atoms with Crippen LogP contribution in [0.4, 0.5) is 17.1 Å². The molecule has 0 amide bonds. The Morgan fingerprint density at radius 2 is 1.79 bits per heavy atom. The lowest BCUT2D eigenvalue weighted by molar-refractivity contribution is -0.393. The van der Waals surface area contributed by atoms with Crippen molar-refractivity contribution >= 4 is 22.8 Å². The molecule has 1 aliphatic rings. The van der Waals surface area contributed by atoms with Crippen molar-refractivity contribution in [2.24, 2.45) is 4.99 Å². The minimum absolute atomic E-state index is 0.0850. The number of hydrogen-bond acceptors (Lipinski definition) is 5. The highest BCUT2D eigenvalue weighted by molar-refractivity contribution is 6.06. The second kappa shape index (κ2) is 5.21. The maximum Gasteiger partial charge on any atom is 0.301 e. The SMILES string of the molecule is O=[N+]([O-])c1ccc(N=C2[CH]C=CC=C2)c([N+](=O)[O-])c1. The van der Waals surface area contributed by atoms with E-state index in [1.165, 1.54) is 12.1 Å². The van der Waals surface area contributed by atoms with E-state index in [1.54, 1.807) is 30.7 Å². The van der Waals surface area contributed by atoms with Crippen molar-refractivity contribution in [1.29, 1.82) is 0 Å². The summed E-state index contributed by atoms with van der Waals surface area (Å²) in [5.41, 5.74) is -0.0991. The molecular weight excluding hydrogens is 250 g/mol. The molecule has 0 unspecified atom stereocenters. The summed E-state index contributed by atoms with van der Waals surface area (Å²) in [5, 5.41) is 21.5. The van der Waals surface area contributed by atoms with E-state index < -0.39 is 15.5 Å². The van der Waals surface area contributed by atoms with Crippen molar-refractivity contribution in [2.75, 3.05) is 0 Å². The summed E-state index contributed by atoms with van der Waals surface area (Å²) in [6.45, 7) is 0. The maximum atomic E-state index is 10.9. The third-order valence-electron chi connectivity index (χ3n) is 2.37. The Hall–Kier alpha value is -2.83. The Morgan fingerprint density at radius 1 is 1.00 bits per heavy atom. The van der Waals surface area contributed by atoms with Crippen LogP contribution in [-0.2, 0) is 0 Å². The summed E-state index contributed by atoms with van der Waals surface area (Å²) >= 11 is 0. The smallest absolute Gasteiger partial charge is 0.258 e. The third kappa shape index (κ3) is 2.89. The van der Waals surface area contributed by atoms with Crippen LogP contribution in [0.1, 0.15) is 0 Å². The van der Waals surface area contributed by atoms with E-state index in [0.29, 0.717) is 5.71 Å². The van der Waals surface area contributed by atoms with Crippen LogP contribution < -0.4 is 0 Å². The van der Waals surface area contributed by atoms with Crippen molar-refractivity contribution in [3.05, 3.63) is 69.2 Å². The minimum atomic E-state index is -0.686. The number of hydrogen-bond donors (Lipinski definition) is 0. The number of nitro benzene ring substituents is 2. The number of non-ortho nitro benzene ring substituents is 1. The van der Waals surface area contributed by atoms with Crippen molar-refractivity contribution in [1.82, 2.24) is 0 Å². The number of rotatable bonds is 3. The van der Waals surface area contributed by atoms with Crippen molar-refractivity contribution in [2.45, 2.75) is 0 Å². The van der Waals surface area contributed by atoms with Gasteiger partial charge in [-0.1, -0.05) is 18.2 Å². The Balaban J connectivity index is 2.45. The summed E-state index contributed by atoms with van der Waals surface area (Å²) in [6, 6.07) is 3.36. The number of nitro groups is 2. The van der Waals surface area contributed by atoms with Gasteiger partial charge in [-0.05, 0) is 12.1 Å². The molecule has 95 valence electrons. The lowest BCUT2D eigenvalue weighted by Gasteiger charge is -2.02. The molecular formula is C12H8N3O4. The Bertz CT molecular complexity index is 632. The average Bonchev–Trinajstić information content (AvgIpc) is 2.39. The number of nitrogens with zero attached hydrogens (tertiary/aromatic N) is 3. The Labute approximate surface area is 107 Å². The van der Waals surface area contributed by atoms with Crippen LogP contribution in [0.2, 0.25) is 0 Å². The van der Waals surface area contributed by atoms with Gasteiger partial charge in [0.1, 0.15) is 5.69 Å². The minimum Gasteiger partial charge on any atom is -0.258 e. The van der Waals surface area contributed by atoms with Crippen LogP contribution in [0.5, 0.6) is 0 Å². The van der Waals surface area contributed by atoms with E-state index in [0.717, 1.165) is 6.07 Å². The number of allylic oxidation sites excluding steroid dienone is 4. The fourth-order valence-electron chi connectivity index (χ4n) is 1.51. The van der Waals surface area contributed by atoms with Gasteiger partial charge >= 0.3 is 5.69 Å². The summed E-state index contributed by atoms with van der Waals surface area (Å²) in [5.74, 6) is 0. The summed E-state index contributed by atoms with van der Waals surface area (Å²) in [6.07, 6.45) is 8.66. The van der Waals surface area contributed by atoms with Gasteiger partial charge in [0, 0.05) is 18.2 Å². The van der Waals surface area contributed by atoms with Crippen molar-refractivity contribution in [3.63, 3.8) is 0 Å². The number of aliphatic imine (C=N–C) groups is 1. The third-order valence-corrected chi connectivity index (χ3v) is 2.37. The first-order chi connectivity index (χ1) is 9.08. The molecule has 19 heavy (non-hydrogen) atoms. The molecule has 0 spiro atoms. The van der Waals surface area contributed by atoms with Crippen molar-refractivity contribution < 1.29 is 9.85 Å². The second-order valence-corrected chi connectivity index (χ2v) is 3.63. The average molecular weight is 258 g/mol. The van der Waals surface area contributed by atoms with Gasteiger partial charge in [0.25, 0.3) is 5.69 Å². The first-order valence-corrected chi connectivity index (χ1v) is 5.27. The quantitative estimate of drug-likeness (QED) is 0.614. The highest BCUT2D eigenvalue weighted by atomic mass is 16.6. The van der Waals surface area contributed by atoms with Gasteiger partial charge in [-0.3, -0.25) is 20.2 Å². The molecule has 1 radical (unpaired) electrons. The van der Waals surface area contributed by atoms with E-state index in [-0.39, 0.29) is 11.4 Å². The van der Waals surface area contributed by atoms with Crippen LogP contribution in [0, 0.1) is 26.6 Å². The first kappa shape index (κ1) is 12.6. The van der Waals surface area contributed by atoms with Crippen LogP contribution in [-0.4, -0.2) is 15.6 Å². The molecule has 0 aromatic heterocycles. The monoisotopic (exact) mass is 258 g/mol. The molecule has 0 atom stereocenters. The Morgan fingerprint density at radius 3 is 2.37 bits per heavy atom. The normalized spacial score (nSPS) is 15.7. The molecule has 0 fully saturated rings. The Kier molecular flexibility index (Phi) is 3.46. The fraction of sp³-hybridized carbons (Fsp3) is 0. The van der Waals surface area contributed by atoms with Gasteiger partial charge in [0.05, 0.1) is 15.9 Å². The van der Waals surface area contributed by atoms with Crippen LogP contribution >= 0.6 is 0 Å². The first-order valence-electron chi connectivity index (χ1n) is 5.27. The van der Waals surface area contributed by atoms with Gasteiger partial charge in [-0.2, -0.15) is 0 Å². The summed E-state index contributed by atoms with van der Waals surface area (Å²) in [7, 11) is 0. The van der Waals surface area contributed by atoms with Gasteiger partial charge in [0.15, 0.2) is 0 Å². The molecule has 2 rings (SSSR count). The molecule has 0 N–H and O–H groups in total. The zero-order valence-corrected chi connectivity index (χ0v) is 9.59. The predicted octanol–water partition coefficient (Wildman–Crippen LogP) is 2.91. The zero-order chi connectivity index (χ0) is 13.8. The maximum absolute atomic E-state index is 10.9. The van der Waals surface area contributed by atoms with E-state index >= 15 is 0 Å². The lowest BCUT2D eigenvalue weighted by Crippen LogP contribution is -1.97. The van der Waals surface area contributed by atoms with Crippen molar-refractivity contribution in [3.8, 4) is 0 Å². The van der Waals surface area contributed by atoms with Gasteiger partial charge < -0.3 is 0 Å². The van der Waals surface area contributed by atoms with Gasteiger partial charge in [-0.15, -0.1) is 0 Å². The van der Waals surface area contributed by atoms with E-state index in [4.69, 9.17) is 0 Å². The molecule has 1 aromatic carbocycles. The molecule has 1 aliphatic carbocycles.